The summed E-state index contributed by atoms with van der Waals surface area (Å²) in [5.41, 5.74) is 2.75. The molecule has 1 N–H and O–H groups in total. The molecule has 0 saturated carbocycles. The molecule has 2 nitrogen and oxygen atoms in total. The third kappa shape index (κ3) is 3.70. The Hall–Kier alpha value is -0.670. The first-order valence-corrected chi connectivity index (χ1v) is 8.90. The van der Waals surface area contributed by atoms with E-state index in [-0.39, 0.29) is 0 Å². The number of benzene rings is 1. The average molecular weight is 292 g/mol. The number of rotatable bonds is 5. The van der Waals surface area contributed by atoms with E-state index in [2.05, 4.69) is 73.9 Å². The molecule has 20 heavy (non-hydrogen) atoms. The molecular formula is C17H28N2S. The van der Waals surface area contributed by atoms with Crippen molar-refractivity contribution in [2.24, 2.45) is 0 Å². The Kier molecular flexibility index (Phi) is 5.79. The van der Waals surface area contributed by atoms with Crippen molar-refractivity contribution in [1.82, 2.24) is 5.32 Å². The molecule has 1 aliphatic rings. The molecule has 0 aliphatic carbocycles. The Labute approximate surface area is 128 Å². The third-order valence-electron chi connectivity index (χ3n) is 4.31. The highest BCUT2D eigenvalue weighted by atomic mass is 32.2. The van der Waals surface area contributed by atoms with E-state index in [1.165, 1.54) is 30.0 Å². The largest absolute Gasteiger partial charge is 0.367 e. The molecule has 1 heterocycles. The second-order valence-electron chi connectivity index (χ2n) is 5.78. The molecule has 3 unspecified atom stereocenters. The molecule has 0 radical (unpaired) electrons. The van der Waals surface area contributed by atoms with Gasteiger partial charge in [-0.05, 0) is 44.5 Å². The second-order valence-corrected chi connectivity index (χ2v) is 7.26. The Bertz CT molecular complexity index is 404. The maximum absolute atomic E-state index is 3.55. The number of hydrogen-bond acceptors (Lipinski definition) is 3. The minimum Gasteiger partial charge on any atom is -0.367 e. The van der Waals surface area contributed by atoms with Crippen LogP contribution >= 0.6 is 11.8 Å². The summed E-state index contributed by atoms with van der Waals surface area (Å²) < 4.78 is 0. The first kappa shape index (κ1) is 15.7. The summed E-state index contributed by atoms with van der Waals surface area (Å²) in [4.78, 5) is 2.55. The van der Waals surface area contributed by atoms with Crippen LogP contribution in [0.1, 0.15) is 45.7 Å². The third-order valence-corrected chi connectivity index (χ3v) is 5.65. The highest BCUT2D eigenvalue weighted by molar-refractivity contribution is 8.00. The summed E-state index contributed by atoms with van der Waals surface area (Å²) in [5, 5.41) is 4.26. The minimum absolute atomic E-state index is 0.442. The van der Waals surface area contributed by atoms with Crippen LogP contribution in [0.15, 0.2) is 24.3 Å². The minimum atomic E-state index is 0.442. The summed E-state index contributed by atoms with van der Waals surface area (Å²) >= 11 is 2.09. The highest BCUT2D eigenvalue weighted by Gasteiger charge is 2.25. The maximum Gasteiger partial charge on any atom is 0.0378 e. The Morgan fingerprint density at radius 3 is 2.65 bits per heavy atom. The number of anilines is 1. The molecule has 3 atom stereocenters. The van der Waals surface area contributed by atoms with E-state index in [9.17, 15) is 0 Å². The molecule has 1 aliphatic heterocycles. The van der Waals surface area contributed by atoms with E-state index in [0.29, 0.717) is 17.3 Å². The first-order valence-electron chi connectivity index (χ1n) is 7.85. The van der Waals surface area contributed by atoms with Gasteiger partial charge in [0.2, 0.25) is 0 Å². The van der Waals surface area contributed by atoms with E-state index in [4.69, 9.17) is 0 Å². The molecule has 0 bridgehead atoms. The van der Waals surface area contributed by atoms with Crippen LogP contribution in [0.2, 0.25) is 0 Å². The lowest BCUT2D eigenvalue weighted by Gasteiger charge is -2.39. The molecule has 112 valence electrons. The molecular weight excluding hydrogens is 264 g/mol. The van der Waals surface area contributed by atoms with Gasteiger partial charge >= 0.3 is 0 Å². The smallest absolute Gasteiger partial charge is 0.0378 e. The van der Waals surface area contributed by atoms with Gasteiger partial charge in [-0.3, -0.25) is 0 Å². The first-order chi connectivity index (χ1) is 9.63. The fourth-order valence-corrected chi connectivity index (χ4v) is 3.83. The SMILES string of the molecule is CCCNC(C)c1ccc(N2CCSC(C)C2C)cc1. The van der Waals surface area contributed by atoms with E-state index in [0.717, 1.165) is 6.54 Å². The molecule has 0 amide bonds. The standard InChI is InChI=1S/C17H28N2S/c1-5-10-18-13(2)16-6-8-17(9-7-16)19-11-12-20-15(4)14(19)3/h6-9,13-15,18H,5,10-12H2,1-4H3. The van der Waals surface area contributed by atoms with Gasteiger partial charge in [0.25, 0.3) is 0 Å². The summed E-state index contributed by atoms with van der Waals surface area (Å²) in [7, 11) is 0. The monoisotopic (exact) mass is 292 g/mol. The van der Waals surface area contributed by atoms with Crippen molar-refractivity contribution in [3.05, 3.63) is 29.8 Å². The fraction of sp³-hybridized carbons (Fsp3) is 0.647. The quantitative estimate of drug-likeness (QED) is 0.880. The predicted molar refractivity (Wildman–Crippen MR) is 91.9 cm³/mol. The van der Waals surface area contributed by atoms with Crippen LogP contribution in [-0.4, -0.2) is 30.1 Å². The Morgan fingerprint density at radius 2 is 2.00 bits per heavy atom. The Balaban J connectivity index is 2.04. The zero-order chi connectivity index (χ0) is 14.5. The number of thioether (sulfide) groups is 1. The van der Waals surface area contributed by atoms with Crippen LogP contribution in [0.5, 0.6) is 0 Å². The van der Waals surface area contributed by atoms with Gasteiger partial charge in [0.05, 0.1) is 0 Å². The number of nitrogens with one attached hydrogen (secondary N) is 1. The lowest BCUT2D eigenvalue weighted by atomic mass is 10.1. The van der Waals surface area contributed by atoms with Crippen molar-refractivity contribution in [2.75, 3.05) is 23.7 Å². The predicted octanol–water partition coefficient (Wildman–Crippen LogP) is 4.08. The van der Waals surface area contributed by atoms with Gasteiger partial charge < -0.3 is 10.2 Å². The van der Waals surface area contributed by atoms with E-state index < -0.39 is 0 Å². The van der Waals surface area contributed by atoms with Crippen LogP contribution in [0.3, 0.4) is 0 Å². The zero-order valence-corrected chi connectivity index (χ0v) is 14.0. The molecule has 3 heteroatoms. The topological polar surface area (TPSA) is 15.3 Å². The molecule has 1 aromatic rings. The van der Waals surface area contributed by atoms with E-state index >= 15 is 0 Å². The van der Waals surface area contributed by atoms with Gasteiger partial charge in [-0.25, -0.2) is 0 Å². The molecule has 1 saturated heterocycles. The lowest BCUT2D eigenvalue weighted by Crippen LogP contribution is -2.44. The normalized spacial score (nSPS) is 24.7. The molecule has 2 rings (SSSR count). The second kappa shape index (κ2) is 7.37. The zero-order valence-electron chi connectivity index (χ0n) is 13.2. The van der Waals surface area contributed by atoms with Gasteiger partial charge in [0.15, 0.2) is 0 Å². The van der Waals surface area contributed by atoms with Crippen molar-refractivity contribution in [2.45, 2.75) is 51.4 Å². The van der Waals surface area contributed by atoms with Gasteiger partial charge in [-0.15, -0.1) is 0 Å². The maximum atomic E-state index is 3.55. The van der Waals surface area contributed by atoms with Crippen LogP contribution in [0, 0.1) is 0 Å². The van der Waals surface area contributed by atoms with Gasteiger partial charge in [-0.1, -0.05) is 26.0 Å². The summed E-state index contributed by atoms with van der Waals surface area (Å²) in [5.74, 6) is 1.24. The summed E-state index contributed by atoms with van der Waals surface area (Å²) in [6.45, 7) is 11.4. The molecule has 1 aromatic carbocycles. The van der Waals surface area contributed by atoms with Crippen molar-refractivity contribution in [1.29, 1.82) is 0 Å². The average Bonchev–Trinajstić information content (AvgIpc) is 2.48. The van der Waals surface area contributed by atoms with Crippen molar-refractivity contribution in [3.8, 4) is 0 Å². The van der Waals surface area contributed by atoms with Crippen LogP contribution < -0.4 is 10.2 Å². The van der Waals surface area contributed by atoms with Crippen LogP contribution in [-0.2, 0) is 0 Å². The van der Waals surface area contributed by atoms with Crippen molar-refractivity contribution in [3.63, 3.8) is 0 Å². The van der Waals surface area contributed by atoms with E-state index in [1.807, 2.05) is 0 Å². The lowest BCUT2D eigenvalue weighted by molar-refractivity contribution is 0.570. The number of hydrogen-bond donors (Lipinski definition) is 1. The van der Waals surface area contributed by atoms with Gasteiger partial charge in [-0.2, -0.15) is 11.8 Å². The van der Waals surface area contributed by atoms with Crippen molar-refractivity contribution < 1.29 is 0 Å². The van der Waals surface area contributed by atoms with E-state index in [1.54, 1.807) is 0 Å². The molecule has 0 aromatic heterocycles. The van der Waals surface area contributed by atoms with Crippen molar-refractivity contribution >= 4 is 17.4 Å². The summed E-state index contributed by atoms with van der Waals surface area (Å²) in [6, 6.07) is 10.2. The molecule has 0 spiro atoms. The van der Waals surface area contributed by atoms with Crippen LogP contribution in [0.4, 0.5) is 5.69 Å². The molecule has 1 fully saturated rings. The van der Waals surface area contributed by atoms with Gasteiger partial charge in [0.1, 0.15) is 0 Å². The Morgan fingerprint density at radius 1 is 1.30 bits per heavy atom. The highest BCUT2D eigenvalue weighted by Crippen LogP contribution is 2.29. The van der Waals surface area contributed by atoms with Gasteiger partial charge in [0, 0.05) is 35.3 Å². The van der Waals surface area contributed by atoms with Crippen LogP contribution in [0.25, 0.3) is 0 Å². The summed E-state index contributed by atoms with van der Waals surface area (Å²) in [6.07, 6.45) is 1.18. The fourth-order valence-electron chi connectivity index (χ4n) is 2.73. The number of nitrogens with zero attached hydrogens (tertiary/aromatic N) is 1.